The van der Waals surface area contributed by atoms with Crippen molar-refractivity contribution in [2.45, 2.75) is 62.7 Å². The molecule has 0 aliphatic carbocycles. The second kappa shape index (κ2) is 14.4. The highest BCUT2D eigenvalue weighted by Crippen LogP contribution is 2.20. The molecule has 1 heterocycles. The zero-order valence-electron chi connectivity index (χ0n) is 20.6. The molecule has 1 aliphatic heterocycles. The molecular formula is C24H34N4O8S. The normalized spacial score (nSPS) is 17.5. The average Bonchev–Trinajstić information content (AvgIpc) is 3.34. The number of nitrogens with one attached hydrogen (secondary N) is 2. The summed E-state index contributed by atoms with van der Waals surface area (Å²) in [7, 11) is 0. The molecule has 204 valence electrons. The van der Waals surface area contributed by atoms with Gasteiger partial charge in [-0.1, -0.05) is 12.1 Å². The van der Waals surface area contributed by atoms with Crippen LogP contribution in [-0.4, -0.2) is 92.6 Å². The highest BCUT2D eigenvalue weighted by Gasteiger charge is 2.38. The highest BCUT2D eigenvalue weighted by molar-refractivity contribution is 7.98. The number of nitrogens with two attached hydrogens (primary N) is 1. The van der Waals surface area contributed by atoms with Crippen molar-refractivity contribution in [3.05, 3.63) is 29.8 Å². The quantitative estimate of drug-likeness (QED) is 0.186. The molecule has 1 aromatic carbocycles. The van der Waals surface area contributed by atoms with E-state index in [4.69, 9.17) is 10.8 Å². The largest absolute Gasteiger partial charge is 0.508 e. The number of likely N-dealkylation sites (tertiary alicyclic amines) is 1. The number of carboxylic acids is 2. The van der Waals surface area contributed by atoms with Crippen molar-refractivity contribution >= 4 is 41.4 Å². The van der Waals surface area contributed by atoms with E-state index in [1.54, 1.807) is 12.1 Å². The number of carbonyl (C=O) groups excluding carboxylic acids is 3. The van der Waals surface area contributed by atoms with Gasteiger partial charge in [0.25, 0.3) is 0 Å². The molecule has 2 rings (SSSR count). The molecule has 0 bridgehead atoms. The number of thioether (sulfide) groups is 1. The predicted molar refractivity (Wildman–Crippen MR) is 136 cm³/mol. The molecule has 4 atom stereocenters. The third-order valence-corrected chi connectivity index (χ3v) is 6.70. The summed E-state index contributed by atoms with van der Waals surface area (Å²) in [6.07, 6.45) is 2.47. The lowest BCUT2D eigenvalue weighted by Gasteiger charge is -2.28. The molecule has 3 amide bonds. The minimum atomic E-state index is -1.42. The lowest BCUT2D eigenvalue weighted by atomic mass is 10.0. The van der Waals surface area contributed by atoms with Crippen LogP contribution >= 0.6 is 11.8 Å². The summed E-state index contributed by atoms with van der Waals surface area (Å²) in [5.41, 5.74) is 6.88. The van der Waals surface area contributed by atoms with Crippen LogP contribution in [0.4, 0.5) is 0 Å². The predicted octanol–water partition coefficient (Wildman–Crippen LogP) is -0.0749. The second-order valence-electron chi connectivity index (χ2n) is 8.84. The average molecular weight is 539 g/mol. The second-order valence-corrected chi connectivity index (χ2v) is 9.83. The minimum Gasteiger partial charge on any atom is -0.508 e. The molecule has 0 spiro atoms. The fourth-order valence-corrected chi connectivity index (χ4v) is 4.53. The summed E-state index contributed by atoms with van der Waals surface area (Å²) in [5, 5.41) is 32.6. The standard InChI is InChI=1S/C24H34N4O8S/c1-37-12-10-17(21(32)27-18(24(35)36)8-9-20(30)31)26-22(33)19-3-2-11-28(19)23(34)16(25)13-14-4-6-15(29)7-5-14/h4-7,16-19,29H,2-3,8-13,25H2,1H3,(H,26,33)(H,27,32)(H,30,31)(H,35,36). The van der Waals surface area contributed by atoms with Gasteiger partial charge < -0.3 is 36.6 Å². The van der Waals surface area contributed by atoms with E-state index < -0.39 is 60.2 Å². The minimum absolute atomic E-state index is 0.0940. The van der Waals surface area contributed by atoms with Crippen molar-refractivity contribution in [2.75, 3.05) is 18.6 Å². The molecule has 0 saturated carbocycles. The summed E-state index contributed by atoms with van der Waals surface area (Å²) in [6, 6.07) is 2.10. The van der Waals surface area contributed by atoms with Crippen LogP contribution in [0.2, 0.25) is 0 Å². The number of nitrogens with zero attached hydrogens (tertiary/aromatic N) is 1. The number of aromatic hydroxyl groups is 1. The van der Waals surface area contributed by atoms with Gasteiger partial charge in [0, 0.05) is 13.0 Å². The van der Waals surface area contributed by atoms with Crippen LogP contribution in [0.15, 0.2) is 24.3 Å². The fraction of sp³-hybridized carbons (Fsp3) is 0.542. The van der Waals surface area contributed by atoms with Crippen LogP contribution in [0.25, 0.3) is 0 Å². The number of benzene rings is 1. The van der Waals surface area contributed by atoms with Crippen LogP contribution in [0.1, 0.15) is 37.7 Å². The van der Waals surface area contributed by atoms with Gasteiger partial charge in [-0.3, -0.25) is 19.2 Å². The summed E-state index contributed by atoms with van der Waals surface area (Å²) in [5.74, 6) is -3.66. The monoisotopic (exact) mass is 538 g/mol. The Hall–Kier alpha value is -3.32. The van der Waals surface area contributed by atoms with Crippen LogP contribution in [-0.2, 0) is 30.4 Å². The molecule has 1 fully saturated rings. The fourth-order valence-electron chi connectivity index (χ4n) is 4.06. The van der Waals surface area contributed by atoms with Crippen molar-refractivity contribution in [2.24, 2.45) is 5.73 Å². The first-order chi connectivity index (χ1) is 17.5. The first kappa shape index (κ1) is 29.9. The highest BCUT2D eigenvalue weighted by atomic mass is 32.2. The van der Waals surface area contributed by atoms with Gasteiger partial charge in [0.2, 0.25) is 17.7 Å². The Bertz CT molecular complexity index is 974. The van der Waals surface area contributed by atoms with Gasteiger partial charge in [-0.25, -0.2) is 4.79 Å². The lowest BCUT2D eigenvalue weighted by Crippen LogP contribution is -2.57. The molecule has 13 heteroatoms. The van der Waals surface area contributed by atoms with Gasteiger partial charge in [-0.2, -0.15) is 11.8 Å². The maximum Gasteiger partial charge on any atom is 0.326 e. The van der Waals surface area contributed by atoms with Gasteiger partial charge in [0.1, 0.15) is 23.9 Å². The number of aliphatic carboxylic acids is 2. The Morgan fingerprint density at radius 3 is 2.35 bits per heavy atom. The molecule has 4 unspecified atom stereocenters. The van der Waals surface area contributed by atoms with Crippen molar-refractivity contribution in [1.82, 2.24) is 15.5 Å². The number of carbonyl (C=O) groups is 5. The Labute approximate surface area is 219 Å². The molecule has 7 N–H and O–H groups in total. The molecule has 1 aliphatic rings. The SMILES string of the molecule is CSCCC(NC(=O)C1CCCN1C(=O)C(N)Cc1ccc(O)cc1)C(=O)NC(CCC(=O)O)C(=O)O. The molecule has 37 heavy (non-hydrogen) atoms. The molecule has 1 aromatic rings. The number of phenolic OH excluding ortho intramolecular Hbond substituents is 1. The lowest BCUT2D eigenvalue weighted by molar-refractivity contribution is -0.144. The van der Waals surface area contributed by atoms with E-state index >= 15 is 0 Å². The van der Waals surface area contributed by atoms with Gasteiger partial charge >= 0.3 is 11.9 Å². The first-order valence-electron chi connectivity index (χ1n) is 11.9. The van der Waals surface area contributed by atoms with Crippen molar-refractivity contribution in [1.29, 1.82) is 0 Å². The number of hydrogen-bond donors (Lipinski definition) is 6. The van der Waals surface area contributed by atoms with E-state index in [1.165, 1.54) is 28.8 Å². The number of rotatable bonds is 14. The van der Waals surface area contributed by atoms with E-state index in [0.29, 0.717) is 25.1 Å². The Morgan fingerprint density at radius 1 is 1.08 bits per heavy atom. The Morgan fingerprint density at radius 2 is 1.76 bits per heavy atom. The number of amides is 3. The molecule has 0 radical (unpaired) electrons. The van der Waals surface area contributed by atoms with Gasteiger partial charge in [-0.15, -0.1) is 0 Å². The summed E-state index contributed by atoms with van der Waals surface area (Å²) >= 11 is 1.44. The number of carboxylic acid groups (broad SMARTS) is 2. The van der Waals surface area contributed by atoms with Crippen LogP contribution in [0.3, 0.4) is 0 Å². The van der Waals surface area contributed by atoms with E-state index in [0.717, 1.165) is 5.56 Å². The van der Waals surface area contributed by atoms with E-state index in [1.807, 2.05) is 6.26 Å². The zero-order valence-corrected chi connectivity index (χ0v) is 21.4. The first-order valence-corrected chi connectivity index (χ1v) is 13.3. The molecule has 0 aromatic heterocycles. The number of phenols is 1. The Balaban J connectivity index is 2.06. The maximum atomic E-state index is 13.1. The van der Waals surface area contributed by atoms with Crippen LogP contribution in [0, 0.1) is 0 Å². The molecule has 12 nitrogen and oxygen atoms in total. The third kappa shape index (κ3) is 9.25. The van der Waals surface area contributed by atoms with E-state index in [9.17, 15) is 34.2 Å². The number of hydrogen-bond acceptors (Lipinski definition) is 8. The topological polar surface area (TPSA) is 199 Å². The molecule has 1 saturated heterocycles. The summed E-state index contributed by atoms with van der Waals surface area (Å²) in [6.45, 7) is 0.331. The van der Waals surface area contributed by atoms with Crippen LogP contribution < -0.4 is 16.4 Å². The van der Waals surface area contributed by atoms with Gasteiger partial charge in [0.15, 0.2) is 0 Å². The summed E-state index contributed by atoms with van der Waals surface area (Å²) < 4.78 is 0. The third-order valence-electron chi connectivity index (χ3n) is 6.05. The van der Waals surface area contributed by atoms with Crippen molar-refractivity contribution in [3.63, 3.8) is 0 Å². The van der Waals surface area contributed by atoms with Gasteiger partial charge in [-0.05, 0) is 61.8 Å². The van der Waals surface area contributed by atoms with E-state index in [2.05, 4.69) is 10.6 Å². The zero-order chi connectivity index (χ0) is 27.5. The Kier molecular flexibility index (Phi) is 11.7. The maximum absolute atomic E-state index is 13.1. The van der Waals surface area contributed by atoms with Crippen molar-refractivity contribution in [3.8, 4) is 5.75 Å². The van der Waals surface area contributed by atoms with Crippen LogP contribution in [0.5, 0.6) is 5.75 Å². The molecular weight excluding hydrogens is 504 g/mol. The van der Waals surface area contributed by atoms with E-state index in [-0.39, 0.29) is 25.0 Å². The smallest absolute Gasteiger partial charge is 0.326 e. The summed E-state index contributed by atoms with van der Waals surface area (Å²) in [4.78, 5) is 62.7. The van der Waals surface area contributed by atoms with Gasteiger partial charge in [0.05, 0.1) is 6.04 Å². The van der Waals surface area contributed by atoms with Crippen molar-refractivity contribution < 1.29 is 39.3 Å².